The molecule has 0 heterocycles. The van der Waals surface area contributed by atoms with E-state index in [1.54, 1.807) is 0 Å². The number of aryl methyl sites for hydroxylation is 1. The lowest BCUT2D eigenvalue weighted by atomic mass is 9.74. The van der Waals surface area contributed by atoms with Crippen molar-refractivity contribution >= 4 is 56.8 Å². The van der Waals surface area contributed by atoms with Crippen LogP contribution >= 0.6 is 11.6 Å². The Labute approximate surface area is 445 Å². The molecule has 0 radical (unpaired) electrons. The first-order chi connectivity index (χ1) is 35.5. The first kappa shape index (κ1) is 55.7. The molecule has 0 bridgehead atoms. The van der Waals surface area contributed by atoms with Crippen molar-refractivity contribution < 1.29 is 19.2 Å². The topological polar surface area (TPSA) is 123 Å². The largest absolute Gasteiger partial charge is 0.353 e. The summed E-state index contributed by atoms with van der Waals surface area (Å²) in [7, 11) is 8.63. The Balaban J connectivity index is 0.000000216. The molecule has 2 atom stereocenters. The van der Waals surface area contributed by atoms with Gasteiger partial charge in [-0.2, -0.15) is 0 Å². The fourth-order valence-electron chi connectivity index (χ4n) is 11.5. The maximum Gasteiger partial charge on any atom is 0.220 e. The van der Waals surface area contributed by atoms with Crippen LogP contribution in [0.1, 0.15) is 131 Å². The fourth-order valence-corrected chi connectivity index (χ4v) is 11.7. The number of rotatable bonds is 18. The Kier molecular flexibility index (Phi) is 19.5. The molecule has 6 aromatic rings. The van der Waals surface area contributed by atoms with Gasteiger partial charge < -0.3 is 31.1 Å². The van der Waals surface area contributed by atoms with Crippen molar-refractivity contribution in [3.8, 4) is 0 Å². The number of amides is 4. The van der Waals surface area contributed by atoms with Gasteiger partial charge in [-0.15, -0.1) is 0 Å². The molecule has 4 amide bonds. The van der Waals surface area contributed by atoms with Gasteiger partial charge in [0.2, 0.25) is 23.6 Å². The number of likely N-dealkylation sites (N-methyl/N-ethyl adjacent to an activating group) is 2. The average Bonchev–Trinajstić information content (AvgIpc) is 3.38. The zero-order valence-corrected chi connectivity index (χ0v) is 45.6. The highest BCUT2D eigenvalue weighted by atomic mass is 35.5. The molecule has 8 rings (SSSR count). The molecule has 2 fully saturated rings. The molecule has 2 unspecified atom stereocenters. The molecule has 0 saturated heterocycles. The van der Waals surface area contributed by atoms with Gasteiger partial charge in [0, 0.05) is 53.9 Å². The molecule has 2 saturated carbocycles. The summed E-state index contributed by atoms with van der Waals surface area (Å²) in [5.41, 5.74) is 6.26. The Morgan fingerprint density at radius 2 is 0.892 bits per heavy atom. The lowest BCUT2D eigenvalue weighted by Crippen LogP contribution is -2.52. The fraction of sp³-hybridized carbons (Fsp3) is 0.429. The minimum absolute atomic E-state index is 0.0333. The van der Waals surface area contributed by atoms with E-state index < -0.39 is 0 Å². The molecular formula is C63H79ClN6O4. The van der Waals surface area contributed by atoms with Gasteiger partial charge in [-0.1, -0.05) is 138 Å². The minimum atomic E-state index is -0.126. The standard InChI is InChI=1S/C32H41N3O2.C31H38ClN3O2/c1-23-9-7-10-25(21-23)22-32(35(3)4)19-17-27(18-20-32)34-31(37)16-15-30(36)33-24(2)28-14-8-12-26-11-5-6-13-29(26)28;1-22(27-13-7-10-24-9-4-5-12-28(24)27)33-29(36)14-15-30(37)34-26-16-18-31(19-17-26,35(2)3)21-23-8-6-11-25(32)20-23/h5-14,21,24,27H,15-20,22H2,1-4H3,(H,33,36)(H,34,37);4-13,20,22,26H,14-19,21H2,1-3H3,(H,33,36)(H,34,37). The third-order valence-corrected chi connectivity index (χ3v) is 16.2. The van der Waals surface area contributed by atoms with Crippen molar-refractivity contribution in [2.45, 2.75) is 146 Å². The van der Waals surface area contributed by atoms with E-state index in [1.807, 2.05) is 74.5 Å². The third kappa shape index (κ3) is 15.0. The van der Waals surface area contributed by atoms with Gasteiger partial charge in [-0.25, -0.2) is 0 Å². The summed E-state index contributed by atoms with van der Waals surface area (Å²) >= 11 is 6.21. The van der Waals surface area contributed by atoms with Crippen molar-refractivity contribution in [3.05, 3.63) is 166 Å². The van der Waals surface area contributed by atoms with Crippen LogP contribution in [0, 0.1) is 6.92 Å². The van der Waals surface area contributed by atoms with E-state index in [0.717, 1.165) is 102 Å². The molecule has 74 heavy (non-hydrogen) atoms. The predicted octanol–water partition coefficient (Wildman–Crippen LogP) is 11.8. The monoisotopic (exact) mass is 1020 g/mol. The Hall–Kier alpha value is -6.07. The van der Waals surface area contributed by atoms with Gasteiger partial charge in [-0.3, -0.25) is 19.2 Å². The third-order valence-electron chi connectivity index (χ3n) is 16.0. The Bertz CT molecular complexity index is 2640. The smallest absolute Gasteiger partial charge is 0.220 e. The number of fused-ring (bicyclic) bond motifs is 2. The lowest BCUT2D eigenvalue weighted by Gasteiger charge is -2.45. The van der Waals surface area contributed by atoms with Crippen LogP contribution in [0.5, 0.6) is 0 Å². The SMILES string of the molecule is CC(NC(=O)CCC(=O)NC1CCC(Cc2cccc(Cl)c2)(N(C)C)CC1)c1cccc2ccccc12.Cc1cccc(CC2(N(C)C)CCC(NC(=O)CCC(=O)NC(C)c3cccc4ccccc34)CC2)c1. The van der Waals surface area contributed by atoms with Gasteiger partial charge >= 0.3 is 0 Å². The molecule has 2 aliphatic rings. The number of benzene rings is 6. The highest BCUT2D eigenvalue weighted by molar-refractivity contribution is 6.30. The molecular weight excluding hydrogens is 940 g/mol. The Morgan fingerprint density at radius 1 is 0.514 bits per heavy atom. The predicted molar refractivity (Wildman–Crippen MR) is 303 cm³/mol. The molecule has 4 N–H and O–H groups in total. The molecule has 0 aliphatic heterocycles. The summed E-state index contributed by atoms with van der Waals surface area (Å²) in [6, 6.07) is 45.6. The van der Waals surface area contributed by atoms with Crippen molar-refractivity contribution in [1.29, 1.82) is 0 Å². The molecule has 392 valence electrons. The summed E-state index contributed by atoms with van der Waals surface area (Å²) in [6.07, 6.45) is 10.6. The first-order valence-corrected chi connectivity index (χ1v) is 27.2. The maximum atomic E-state index is 12.7. The zero-order valence-electron chi connectivity index (χ0n) is 44.8. The van der Waals surface area contributed by atoms with Gasteiger partial charge in [0.15, 0.2) is 0 Å². The van der Waals surface area contributed by atoms with Crippen molar-refractivity contribution in [1.82, 2.24) is 31.1 Å². The normalized spacial score (nSPS) is 20.5. The van der Waals surface area contributed by atoms with Crippen molar-refractivity contribution in [3.63, 3.8) is 0 Å². The van der Waals surface area contributed by atoms with Crippen molar-refractivity contribution in [2.75, 3.05) is 28.2 Å². The van der Waals surface area contributed by atoms with Gasteiger partial charge in [0.05, 0.1) is 12.1 Å². The second-order valence-electron chi connectivity index (χ2n) is 21.6. The summed E-state index contributed by atoms with van der Waals surface area (Å²) in [5.74, 6) is -0.282. The van der Waals surface area contributed by atoms with E-state index in [1.165, 1.54) is 16.7 Å². The number of halogens is 1. The Morgan fingerprint density at radius 3 is 1.31 bits per heavy atom. The van der Waals surface area contributed by atoms with E-state index in [0.29, 0.717) is 0 Å². The number of carbonyl (C=O) groups excluding carboxylic acids is 4. The molecule has 2 aliphatic carbocycles. The second kappa shape index (κ2) is 25.9. The number of nitrogens with one attached hydrogen (secondary N) is 4. The van der Waals surface area contributed by atoms with Gasteiger partial charge in [-0.05, 0) is 169 Å². The number of carbonyl (C=O) groups is 4. The van der Waals surface area contributed by atoms with Crippen LogP contribution in [0.3, 0.4) is 0 Å². The van der Waals surface area contributed by atoms with Gasteiger partial charge in [0.25, 0.3) is 0 Å². The van der Waals surface area contributed by atoms with Crippen molar-refractivity contribution in [2.24, 2.45) is 0 Å². The van der Waals surface area contributed by atoms with Crippen LogP contribution in [-0.4, -0.2) is 84.8 Å². The quantitative estimate of drug-likeness (QED) is 0.0680. The summed E-state index contributed by atoms with van der Waals surface area (Å²) < 4.78 is 0. The molecule has 6 aromatic carbocycles. The highest BCUT2D eigenvalue weighted by Gasteiger charge is 2.39. The highest BCUT2D eigenvalue weighted by Crippen LogP contribution is 2.37. The van der Waals surface area contributed by atoms with Crippen LogP contribution in [0.2, 0.25) is 5.02 Å². The average molecular weight is 1020 g/mol. The van der Waals surface area contributed by atoms with E-state index in [2.05, 4.69) is 139 Å². The maximum absolute atomic E-state index is 12.7. The van der Waals surface area contributed by atoms with Crippen LogP contribution < -0.4 is 21.3 Å². The van der Waals surface area contributed by atoms with Crippen LogP contribution in [0.25, 0.3) is 21.5 Å². The van der Waals surface area contributed by atoms with Crippen LogP contribution in [-0.2, 0) is 32.0 Å². The summed E-state index contributed by atoms with van der Waals surface area (Å²) in [5, 5.41) is 17.9. The molecule has 10 nitrogen and oxygen atoms in total. The van der Waals surface area contributed by atoms with Crippen LogP contribution in [0.15, 0.2) is 133 Å². The van der Waals surface area contributed by atoms with E-state index in [4.69, 9.17) is 11.6 Å². The second-order valence-corrected chi connectivity index (χ2v) is 22.0. The van der Waals surface area contributed by atoms with E-state index in [9.17, 15) is 19.2 Å². The number of hydrogen-bond donors (Lipinski definition) is 4. The van der Waals surface area contributed by atoms with Gasteiger partial charge in [0.1, 0.15) is 0 Å². The number of nitrogens with zero attached hydrogens (tertiary/aromatic N) is 2. The van der Waals surface area contributed by atoms with Crippen LogP contribution in [0.4, 0.5) is 0 Å². The first-order valence-electron chi connectivity index (χ1n) is 26.8. The van der Waals surface area contributed by atoms with E-state index in [-0.39, 0.29) is 84.6 Å². The lowest BCUT2D eigenvalue weighted by molar-refractivity contribution is -0.127. The summed E-state index contributed by atoms with van der Waals surface area (Å²) in [4.78, 5) is 55.3. The molecule has 0 aromatic heterocycles. The summed E-state index contributed by atoms with van der Waals surface area (Å²) in [6.45, 7) is 6.13. The number of hydrogen-bond acceptors (Lipinski definition) is 6. The molecule has 0 spiro atoms. The van der Waals surface area contributed by atoms with E-state index >= 15 is 0 Å². The minimum Gasteiger partial charge on any atom is -0.353 e. The zero-order chi connectivity index (χ0) is 52.8. The molecule has 11 heteroatoms.